The summed E-state index contributed by atoms with van der Waals surface area (Å²) in [5, 5.41) is 13.5. The summed E-state index contributed by atoms with van der Waals surface area (Å²) in [4.78, 5) is 26.1. The van der Waals surface area contributed by atoms with Crippen LogP contribution >= 0.6 is 0 Å². The van der Waals surface area contributed by atoms with Crippen molar-refractivity contribution >= 4 is 23.3 Å². The maximum absolute atomic E-state index is 11.4. The van der Waals surface area contributed by atoms with Crippen LogP contribution in [0.15, 0.2) is 17.6 Å². The van der Waals surface area contributed by atoms with Crippen LogP contribution in [0, 0.1) is 0 Å². The average Bonchev–Trinajstić information content (AvgIpc) is 3.74. The van der Waals surface area contributed by atoms with Gasteiger partial charge in [-0.05, 0) is 19.3 Å². The van der Waals surface area contributed by atoms with Gasteiger partial charge < -0.3 is 24.2 Å². The summed E-state index contributed by atoms with van der Waals surface area (Å²) in [5.74, 6) is 0.473. The number of aliphatic imine (C=N–C) groups is 1. The predicted molar refractivity (Wildman–Crippen MR) is 183 cm³/mol. The van der Waals surface area contributed by atoms with Crippen molar-refractivity contribution in [2.45, 2.75) is 140 Å². The molecule has 2 aromatic rings. The highest BCUT2D eigenvalue weighted by atomic mass is 16.7. The molecule has 3 fully saturated rings. The van der Waals surface area contributed by atoms with Gasteiger partial charge in [-0.1, -0.05) is 90.4 Å². The molecule has 2 aromatic heterocycles. The van der Waals surface area contributed by atoms with E-state index in [1.165, 1.54) is 89.8 Å². The molecule has 0 aromatic carbocycles. The molecule has 47 heavy (non-hydrogen) atoms. The number of ether oxygens (including phenoxy) is 3. The van der Waals surface area contributed by atoms with E-state index in [1.807, 2.05) is 23.6 Å². The third-order valence-electron chi connectivity index (χ3n) is 9.84. The SMILES string of the molecule is CCCCCCCCCCCCCCCCN(OC[C@]12COC(C1O)[C@H](n1cnc3c(N=CN(C)C)ncnc31)O2)C1CCOCC1. The highest BCUT2D eigenvalue weighted by molar-refractivity contribution is 5.82. The average molecular weight is 658 g/mol. The smallest absolute Gasteiger partial charge is 0.184 e. The molecule has 4 atom stereocenters. The number of imidazole rings is 1. The van der Waals surface area contributed by atoms with Crippen LogP contribution in [0.4, 0.5) is 5.82 Å². The minimum atomic E-state index is -0.968. The van der Waals surface area contributed by atoms with Gasteiger partial charge in [0.25, 0.3) is 0 Å². The third-order valence-corrected chi connectivity index (χ3v) is 9.84. The van der Waals surface area contributed by atoms with Gasteiger partial charge >= 0.3 is 0 Å². The Bertz CT molecular complexity index is 1220. The largest absolute Gasteiger partial charge is 0.387 e. The number of nitrogens with zero attached hydrogens (tertiary/aromatic N) is 7. The van der Waals surface area contributed by atoms with Gasteiger partial charge in [0.2, 0.25) is 0 Å². The van der Waals surface area contributed by atoms with E-state index in [1.54, 1.807) is 12.7 Å². The number of rotatable bonds is 22. The van der Waals surface area contributed by atoms with Crippen LogP contribution in [0.25, 0.3) is 11.2 Å². The molecule has 5 heterocycles. The van der Waals surface area contributed by atoms with E-state index in [2.05, 4.69) is 31.9 Å². The van der Waals surface area contributed by atoms with E-state index in [4.69, 9.17) is 19.0 Å². The molecule has 3 saturated heterocycles. The number of fused-ring (bicyclic) bond motifs is 3. The summed E-state index contributed by atoms with van der Waals surface area (Å²) in [5.41, 5.74) is 0.177. The van der Waals surface area contributed by atoms with Gasteiger partial charge in [0, 0.05) is 39.9 Å². The molecular formula is C35H59N7O5. The Morgan fingerprint density at radius 3 is 2.28 bits per heavy atom. The fourth-order valence-electron chi connectivity index (χ4n) is 7.01. The molecule has 1 N–H and O–H groups in total. The predicted octanol–water partition coefficient (Wildman–Crippen LogP) is 5.97. The van der Waals surface area contributed by atoms with Gasteiger partial charge in [-0.3, -0.25) is 9.40 Å². The van der Waals surface area contributed by atoms with Crippen LogP contribution in [-0.2, 0) is 19.0 Å². The van der Waals surface area contributed by atoms with Crippen LogP contribution in [0.3, 0.4) is 0 Å². The first-order chi connectivity index (χ1) is 23.0. The fourth-order valence-corrected chi connectivity index (χ4v) is 7.01. The van der Waals surface area contributed by atoms with Crippen molar-refractivity contribution in [1.29, 1.82) is 0 Å². The van der Waals surface area contributed by atoms with E-state index in [0.29, 0.717) is 23.0 Å². The Labute approximate surface area is 281 Å². The van der Waals surface area contributed by atoms with E-state index in [-0.39, 0.29) is 13.2 Å². The lowest BCUT2D eigenvalue weighted by Gasteiger charge is -2.37. The third kappa shape index (κ3) is 9.70. The van der Waals surface area contributed by atoms with Gasteiger partial charge in [-0.15, -0.1) is 0 Å². The number of aliphatic hydroxyl groups is 1. The number of hydrogen-bond donors (Lipinski definition) is 1. The minimum absolute atomic E-state index is 0.219. The molecule has 0 spiro atoms. The van der Waals surface area contributed by atoms with Crippen LogP contribution in [0.5, 0.6) is 0 Å². The van der Waals surface area contributed by atoms with Crippen LogP contribution < -0.4 is 0 Å². The maximum atomic E-state index is 11.4. The molecule has 12 heteroatoms. The van der Waals surface area contributed by atoms with E-state index in [9.17, 15) is 5.11 Å². The topological polar surface area (TPSA) is 120 Å². The Morgan fingerprint density at radius 1 is 0.957 bits per heavy atom. The number of unbranched alkanes of at least 4 members (excludes halogenated alkanes) is 13. The number of hydroxylamine groups is 2. The summed E-state index contributed by atoms with van der Waals surface area (Å²) in [6.45, 7) is 5.13. The van der Waals surface area contributed by atoms with Crippen LogP contribution in [0.1, 0.15) is 116 Å². The first-order valence-corrected chi connectivity index (χ1v) is 18.4. The maximum Gasteiger partial charge on any atom is 0.184 e. The highest BCUT2D eigenvalue weighted by Crippen LogP contribution is 2.46. The first kappa shape index (κ1) is 36.1. The zero-order valence-electron chi connectivity index (χ0n) is 29.1. The molecule has 12 nitrogen and oxygen atoms in total. The van der Waals surface area contributed by atoms with Gasteiger partial charge in [0.05, 0.1) is 19.3 Å². The van der Waals surface area contributed by atoms with Gasteiger partial charge in [0.1, 0.15) is 30.7 Å². The first-order valence-electron chi connectivity index (χ1n) is 18.4. The van der Waals surface area contributed by atoms with Gasteiger partial charge in [-0.25, -0.2) is 19.9 Å². The molecule has 0 saturated carbocycles. The lowest BCUT2D eigenvalue weighted by Crippen LogP contribution is -2.49. The van der Waals surface area contributed by atoms with Crippen molar-refractivity contribution in [2.75, 3.05) is 47.1 Å². The van der Waals surface area contributed by atoms with Crippen LogP contribution in [0.2, 0.25) is 0 Å². The zero-order valence-corrected chi connectivity index (χ0v) is 29.1. The summed E-state index contributed by atoms with van der Waals surface area (Å²) >= 11 is 0. The zero-order chi connectivity index (χ0) is 32.9. The standard InChI is InChI=1S/C35H59N7O5/c1-4-5-6-7-8-9-10-11-12-13-14-15-16-17-20-42(28-18-21-44-22-19-28)46-24-35-23-45-30(31(35)43)34(47-35)41-27-38-29-32(39-26-40(2)3)36-25-37-33(29)41/h25-28,30-31,34,43H,4-24H2,1-3H3/t30?,31?,34-,35-/m1/s1. The van der Waals surface area contributed by atoms with Crippen molar-refractivity contribution in [3.05, 3.63) is 12.7 Å². The molecule has 264 valence electrons. The second-order valence-corrected chi connectivity index (χ2v) is 13.9. The molecule has 0 radical (unpaired) electrons. The Kier molecular flexibility index (Phi) is 14.2. The van der Waals surface area contributed by atoms with Crippen molar-refractivity contribution in [1.82, 2.24) is 29.5 Å². The molecule has 3 aliphatic rings. The molecule has 3 aliphatic heterocycles. The second kappa shape index (κ2) is 18.5. The molecule has 2 unspecified atom stereocenters. The Balaban J connectivity index is 1.08. The van der Waals surface area contributed by atoms with Crippen molar-refractivity contribution in [2.24, 2.45) is 4.99 Å². The van der Waals surface area contributed by atoms with Gasteiger partial charge in [-0.2, -0.15) is 5.06 Å². The summed E-state index contributed by atoms with van der Waals surface area (Å²) in [6, 6.07) is 0.296. The molecule has 0 amide bonds. The number of aromatic nitrogens is 4. The Hall–Kier alpha value is -2.22. The van der Waals surface area contributed by atoms with E-state index >= 15 is 0 Å². The monoisotopic (exact) mass is 657 g/mol. The van der Waals surface area contributed by atoms with E-state index in [0.717, 1.165) is 39.0 Å². The molecule has 0 aliphatic carbocycles. The number of hydrogen-bond acceptors (Lipinski definition) is 10. The summed E-state index contributed by atoms with van der Waals surface area (Å²) < 4.78 is 20.1. The lowest BCUT2D eigenvalue weighted by molar-refractivity contribution is -0.260. The summed E-state index contributed by atoms with van der Waals surface area (Å²) in [7, 11) is 3.79. The normalized spacial score (nSPS) is 24.8. The highest BCUT2D eigenvalue weighted by Gasteiger charge is 2.62. The van der Waals surface area contributed by atoms with E-state index < -0.39 is 24.0 Å². The van der Waals surface area contributed by atoms with Crippen LogP contribution in [-0.4, -0.2) is 112 Å². The molecule has 5 rings (SSSR count). The number of aliphatic hydroxyl groups excluding tert-OH is 1. The molecule has 2 bridgehead atoms. The fraction of sp³-hybridized carbons (Fsp3) is 0.829. The van der Waals surface area contributed by atoms with Gasteiger partial charge in [0.15, 0.2) is 23.2 Å². The summed E-state index contributed by atoms with van der Waals surface area (Å²) in [6.07, 6.45) is 23.5. The second-order valence-electron chi connectivity index (χ2n) is 13.9. The van der Waals surface area contributed by atoms with Crippen molar-refractivity contribution in [3.8, 4) is 0 Å². The lowest BCUT2D eigenvalue weighted by atomic mass is 10.0. The quantitative estimate of drug-likeness (QED) is 0.0702. The molecular weight excluding hydrogens is 598 g/mol. The Morgan fingerprint density at radius 2 is 1.62 bits per heavy atom. The van der Waals surface area contributed by atoms with Crippen molar-refractivity contribution in [3.63, 3.8) is 0 Å². The minimum Gasteiger partial charge on any atom is -0.387 e. The van der Waals surface area contributed by atoms with Crippen molar-refractivity contribution < 1.29 is 24.2 Å².